The Morgan fingerprint density at radius 2 is 1.68 bits per heavy atom. The molecule has 2 N–H and O–H groups in total. The molecule has 31 heavy (non-hydrogen) atoms. The minimum Gasteiger partial charge on any atom is -0.343 e. The van der Waals surface area contributed by atoms with E-state index in [4.69, 9.17) is 4.98 Å². The molecule has 0 bridgehead atoms. The molecule has 1 unspecified atom stereocenters. The lowest BCUT2D eigenvalue weighted by molar-refractivity contribution is 0.629. The summed E-state index contributed by atoms with van der Waals surface area (Å²) in [5.74, 6) is 1.38. The van der Waals surface area contributed by atoms with Crippen molar-refractivity contribution in [2.75, 3.05) is 16.8 Å². The first-order valence-corrected chi connectivity index (χ1v) is 11.3. The Morgan fingerprint density at radius 3 is 2.55 bits per heavy atom. The lowest BCUT2D eigenvalue weighted by Gasteiger charge is -2.35. The number of aromatic nitrogens is 2. The average molecular weight is 411 g/mol. The number of benzene rings is 2. The minimum absolute atomic E-state index is 0.0138. The Hall–Kier alpha value is -3.34. The van der Waals surface area contributed by atoms with Gasteiger partial charge in [-0.1, -0.05) is 54.6 Å². The molecule has 0 fully saturated rings. The smallest absolute Gasteiger partial charge is 0.258 e. The standard InChI is InChI=1S/C26H26N4O/c31-25-23-22(18-9-2-1-3-10-18)20-12-6-7-13-21(20)27-24(23)28-26(29-25)30-15-14-17-8-4-5-11-19(17)16-30/h1-5,8-11,22H,6-7,12-16H2,(H2,27,28,29,31). The van der Waals surface area contributed by atoms with Crippen molar-refractivity contribution in [3.05, 3.63) is 98.5 Å². The second-order valence-corrected chi connectivity index (χ2v) is 8.77. The number of anilines is 2. The van der Waals surface area contributed by atoms with Gasteiger partial charge in [0.2, 0.25) is 5.95 Å². The van der Waals surface area contributed by atoms with Crippen molar-refractivity contribution >= 4 is 11.8 Å². The Bertz CT molecular complexity index is 1230. The number of hydrogen-bond donors (Lipinski definition) is 2. The van der Waals surface area contributed by atoms with Crippen molar-refractivity contribution in [3.8, 4) is 0 Å². The summed E-state index contributed by atoms with van der Waals surface area (Å²) in [6.45, 7) is 1.63. The number of allylic oxidation sites excluding steroid dienone is 2. The third-order valence-corrected chi connectivity index (χ3v) is 6.92. The second kappa shape index (κ2) is 7.41. The first-order chi connectivity index (χ1) is 15.3. The molecule has 3 aromatic rings. The van der Waals surface area contributed by atoms with Crippen molar-refractivity contribution in [1.29, 1.82) is 0 Å². The molecular weight excluding hydrogens is 384 g/mol. The van der Waals surface area contributed by atoms with Crippen LogP contribution in [0, 0.1) is 0 Å². The van der Waals surface area contributed by atoms with Gasteiger partial charge in [0.05, 0.1) is 5.56 Å². The first kappa shape index (κ1) is 18.4. The van der Waals surface area contributed by atoms with Crippen LogP contribution in [0.2, 0.25) is 0 Å². The minimum atomic E-state index is -0.0302. The van der Waals surface area contributed by atoms with E-state index in [0.29, 0.717) is 5.95 Å². The fraction of sp³-hybridized carbons (Fsp3) is 0.308. The lowest BCUT2D eigenvalue weighted by Crippen LogP contribution is -2.35. The van der Waals surface area contributed by atoms with E-state index in [2.05, 4.69) is 63.7 Å². The number of nitrogens with one attached hydrogen (secondary N) is 2. The fourth-order valence-corrected chi connectivity index (χ4v) is 5.38. The van der Waals surface area contributed by atoms with Crippen LogP contribution in [0.15, 0.2) is 70.7 Å². The molecule has 1 aromatic heterocycles. The van der Waals surface area contributed by atoms with Crippen LogP contribution in [0.25, 0.3) is 0 Å². The Morgan fingerprint density at radius 1 is 0.903 bits per heavy atom. The Balaban J connectivity index is 1.44. The van der Waals surface area contributed by atoms with Gasteiger partial charge in [0.15, 0.2) is 0 Å². The van der Waals surface area contributed by atoms with E-state index in [0.717, 1.165) is 43.7 Å². The maximum atomic E-state index is 13.4. The van der Waals surface area contributed by atoms with Crippen LogP contribution in [0.3, 0.4) is 0 Å². The van der Waals surface area contributed by atoms with Crippen LogP contribution in [-0.4, -0.2) is 16.5 Å². The summed E-state index contributed by atoms with van der Waals surface area (Å²) in [5, 5.41) is 3.56. The molecule has 2 aliphatic heterocycles. The predicted molar refractivity (Wildman–Crippen MR) is 123 cm³/mol. The highest BCUT2D eigenvalue weighted by molar-refractivity contribution is 5.63. The molecule has 0 spiro atoms. The van der Waals surface area contributed by atoms with Gasteiger partial charge in [0.25, 0.3) is 5.56 Å². The van der Waals surface area contributed by atoms with Crippen LogP contribution in [-0.2, 0) is 13.0 Å². The van der Waals surface area contributed by atoms with E-state index in [1.165, 1.54) is 40.8 Å². The summed E-state index contributed by atoms with van der Waals surface area (Å²) in [5.41, 5.74) is 7.22. The quantitative estimate of drug-likeness (QED) is 0.642. The van der Waals surface area contributed by atoms with E-state index in [9.17, 15) is 4.79 Å². The summed E-state index contributed by atoms with van der Waals surface area (Å²) in [4.78, 5) is 23.7. The van der Waals surface area contributed by atoms with Gasteiger partial charge in [-0.25, -0.2) is 0 Å². The van der Waals surface area contributed by atoms with E-state index >= 15 is 0 Å². The maximum absolute atomic E-state index is 13.4. The molecule has 5 nitrogen and oxygen atoms in total. The van der Waals surface area contributed by atoms with Crippen LogP contribution in [0.1, 0.15) is 53.9 Å². The van der Waals surface area contributed by atoms with E-state index in [-0.39, 0.29) is 11.5 Å². The van der Waals surface area contributed by atoms with Gasteiger partial charge in [0.1, 0.15) is 5.82 Å². The molecule has 1 atom stereocenters. The van der Waals surface area contributed by atoms with E-state index < -0.39 is 0 Å². The summed E-state index contributed by atoms with van der Waals surface area (Å²) in [6.07, 6.45) is 5.38. The molecule has 5 heteroatoms. The highest BCUT2D eigenvalue weighted by Crippen LogP contribution is 2.44. The van der Waals surface area contributed by atoms with Gasteiger partial charge in [-0.3, -0.25) is 9.78 Å². The van der Waals surface area contributed by atoms with Gasteiger partial charge in [-0.05, 0) is 54.4 Å². The van der Waals surface area contributed by atoms with E-state index in [1.54, 1.807) is 0 Å². The van der Waals surface area contributed by atoms with Crippen molar-refractivity contribution in [2.24, 2.45) is 0 Å². The van der Waals surface area contributed by atoms with Gasteiger partial charge >= 0.3 is 0 Å². The molecule has 2 aromatic carbocycles. The zero-order valence-electron chi connectivity index (χ0n) is 17.5. The lowest BCUT2D eigenvalue weighted by atomic mass is 9.77. The zero-order chi connectivity index (χ0) is 20.8. The topological polar surface area (TPSA) is 61.0 Å². The van der Waals surface area contributed by atoms with Crippen LogP contribution in [0.4, 0.5) is 11.8 Å². The zero-order valence-corrected chi connectivity index (χ0v) is 17.5. The number of fused-ring (bicyclic) bond motifs is 2. The second-order valence-electron chi connectivity index (χ2n) is 8.77. The molecule has 0 amide bonds. The van der Waals surface area contributed by atoms with Crippen molar-refractivity contribution in [2.45, 2.75) is 44.6 Å². The molecule has 1 aliphatic carbocycles. The predicted octanol–water partition coefficient (Wildman–Crippen LogP) is 4.72. The third kappa shape index (κ3) is 3.16. The van der Waals surface area contributed by atoms with E-state index in [1.807, 2.05) is 6.07 Å². The first-order valence-electron chi connectivity index (χ1n) is 11.3. The molecule has 156 valence electrons. The normalized spacial score (nSPS) is 19.9. The fourth-order valence-electron chi connectivity index (χ4n) is 5.38. The number of aromatic amines is 1. The monoisotopic (exact) mass is 410 g/mol. The van der Waals surface area contributed by atoms with Crippen LogP contribution >= 0.6 is 0 Å². The van der Waals surface area contributed by atoms with Gasteiger partial charge < -0.3 is 10.2 Å². The molecule has 0 saturated carbocycles. The molecule has 3 aliphatic rings. The average Bonchev–Trinajstić information content (AvgIpc) is 2.83. The number of nitrogens with zero attached hydrogens (tertiary/aromatic N) is 2. The van der Waals surface area contributed by atoms with Gasteiger partial charge in [-0.2, -0.15) is 4.98 Å². The molecule has 0 saturated heterocycles. The molecular formula is C26H26N4O. The third-order valence-electron chi connectivity index (χ3n) is 6.92. The van der Waals surface area contributed by atoms with Gasteiger partial charge in [0, 0.05) is 24.7 Å². The van der Waals surface area contributed by atoms with Crippen LogP contribution < -0.4 is 15.8 Å². The SMILES string of the molecule is O=c1[nH]c(N2CCc3ccccc3C2)nc2c1C(c1ccccc1)C1=C(CCCC1)N2. The number of hydrogen-bond acceptors (Lipinski definition) is 4. The van der Waals surface area contributed by atoms with Gasteiger partial charge in [-0.15, -0.1) is 0 Å². The summed E-state index contributed by atoms with van der Waals surface area (Å²) >= 11 is 0. The molecule has 0 radical (unpaired) electrons. The highest BCUT2D eigenvalue weighted by Gasteiger charge is 2.34. The van der Waals surface area contributed by atoms with Crippen LogP contribution in [0.5, 0.6) is 0 Å². The van der Waals surface area contributed by atoms with Crippen molar-refractivity contribution < 1.29 is 0 Å². The maximum Gasteiger partial charge on any atom is 0.258 e. The Labute approximate surface area is 181 Å². The van der Waals surface area contributed by atoms with Crippen molar-refractivity contribution in [3.63, 3.8) is 0 Å². The number of rotatable bonds is 2. The molecule has 3 heterocycles. The highest BCUT2D eigenvalue weighted by atomic mass is 16.1. The molecule has 6 rings (SSSR count). The van der Waals surface area contributed by atoms with Crippen molar-refractivity contribution in [1.82, 2.24) is 9.97 Å². The summed E-state index contributed by atoms with van der Waals surface area (Å²) < 4.78 is 0. The Kier molecular flexibility index (Phi) is 4.41. The summed E-state index contributed by atoms with van der Waals surface area (Å²) in [6, 6.07) is 18.9. The largest absolute Gasteiger partial charge is 0.343 e. The number of H-pyrrole nitrogens is 1. The summed E-state index contributed by atoms with van der Waals surface area (Å²) in [7, 11) is 0.